The highest BCUT2D eigenvalue weighted by atomic mass is 35.5. The van der Waals surface area contributed by atoms with Gasteiger partial charge in [0.05, 0.1) is 22.8 Å². The average molecular weight is 398 g/mol. The first-order valence-electron chi connectivity index (χ1n) is 7.62. The molecule has 26 heavy (non-hydrogen) atoms. The number of anilines is 1. The third-order valence-electron chi connectivity index (χ3n) is 3.30. The van der Waals surface area contributed by atoms with Crippen molar-refractivity contribution in [1.29, 1.82) is 0 Å². The Hall–Kier alpha value is -2.44. The van der Waals surface area contributed by atoms with Crippen LogP contribution >= 0.6 is 23.2 Å². The summed E-state index contributed by atoms with van der Waals surface area (Å²) in [5.74, 6) is -0.0666. The molecule has 0 fully saturated rings. The number of hydrogen-bond donors (Lipinski definition) is 1. The van der Waals surface area contributed by atoms with Gasteiger partial charge < -0.3 is 19.5 Å². The van der Waals surface area contributed by atoms with Crippen molar-refractivity contribution in [2.24, 2.45) is 0 Å². The second kappa shape index (κ2) is 9.31. The van der Waals surface area contributed by atoms with Crippen LogP contribution in [0.4, 0.5) is 5.69 Å². The quantitative estimate of drug-likeness (QED) is 0.715. The summed E-state index contributed by atoms with van der Waals surface area (Å²) < 4.78 is 15.4. The molecule has 0 radical (unpaired) electrons. The molecule has 1 N–H and O–H groups in total. The van der Waals surface area contributed by atoms with Gasteiger partial charge in [-0.05, 0) is 43.3 Å². The summed E-state index contributed by atoms with van der Waals surface area (Å²) in [6.45, 7) is 1.11. The van der Waals surface area contributed by atoms with Crippen molar-refractivity contribution in [1.82, 2.24) is 0 Å². The molecular weight excluding hydrogens is 381 g/mol. The summed E-state index contributed by atoms with van der Waals surface area (Å²) in [7, 11) is 1.55. The smallest absolute Gasteiger partial charge is 0.344 e. The second-order valence-corrected chi connectivity index (χ2v) is 5.97. The molecule has 1 atom stereocenters. The maximum absolute atomic E-state index is 12.1. The van der Waals surface area contributed by atoms with Crippen LogP contribution in [0.15, 0.2) is 42.5 Å². The SMILES string of the molecule is COc1ccc(OCC(=O)OC(C)C(=O)Nc2cccc(Cl)c2Cl)cc1. The second-order valence-electron chi connectivity index (χ2n) is 5.19. The molecule has 0 aliphatic heterocycles. The molecule has 2 aromatic carbocycles. The first kappa shape index (κ1) is 19.9. The zero-order chi connectivity index (χ0) is 19.1. The molecule has 0 saturated heterocycles. The van der Waals surface area contributed by atoms with Gasteiger partial charge in [-0.15, -0.1) is 0 Å². The zero-order valence-corrected chi connectivity index (χ0v) is 15.6. The number of benzene rings is 2. The number of hydrogen-bond acceptors (Lipinski definition) is 5. The Morgan fingerprint density at radius 3 is 2.38 bits per heavy atom. The lowest BCUT2D eigenvalue weighted by Gasteiger charge is -2.15. The van der Waals surface area contributed by atoms with E-state index in [4.69, 9.17) is 37.4 Å². The number of methoxy groups -OCH3 is 1. The van der Waals surface area contributed by atoms with E-state index in [0.717, 1.165) is 0 Å². The molecule has 0 spiro atoms. The van der Waals surface area contributed by atoms with E-state index in [9.17, 15) is 9.59 Å². The third kappa shape index (κ3) is 5.54. The molecule has 0 aliphatic rings. The number of carbonyl (C=O) groups excluding carboxylic acids is 2. The molecule has 0 saturated carbocycles. The van der Waals surface area contributed by atoms with Crippen molar-refractivity contribution < 1.29 is 23.8 Å². The normalized spacial score (nSPS) is 11.4. The van der Waals surface area contributed by atoms with Gasteiger partial charge in [-0.25, -0.2) is 4.79 Å². The highest BCUT2D eigenvalue weighted by Gasteiger charge is 2.19. The number of esters is 1. The summed E-state index contributed by atoms with van der Waals surface area (Å²) in [4.78, 5) is 23.9. The van der Waals surface area contributed by atoms with Crippen molar-refractivity contribution in [2.45, 2.75) is 13.0 Å². The summed E-state index contributed by atoms with van der Waals surface area (Å²) in [5, 5.41) is 3.07. The number of ether oxygens (including phenoxy) is 3. The van der Waals surface area contributed by atoms with Gasteiger partial charge in [-0.1, -0.05) is 29.3 Å². The molecule has 138 valence electrons. The Labute approximate surface area is 160 Å². The summed E-state index contributed by atoms with van der Waals surface area (Å²) in [6, 6.07) is 11.5. The molecule has 6 nitrogen and oxygen atoms in total. The van der Waals surface area contributed by atoms with Crippen molar-refractivity contribution >= 4 is 40.8 Å². The number of nitrogens with one attached hydrogen (secondary N) is 1. The molecule has 0 heterocycles. The predicted octanol–water partition coefficient (Wildman–Crippen LogP) is 3.95. The predicted molar refractivity (Wildman–Crippen MR) is 99.1 cm³/mol. The van der Waals surface area contributed by atoms with Crippen molar-refractivity contribution in [3.8, 4) is 11.5 Å². The van der Waals surface area contributed by atoms with E-state index in [1.54, 1.807) is 49.6 Å². The van der Waals surface area contributed by atoms with Crippen LogP contribution in [0, 0.1) is 0 Å². The van der Waals surface area contributed by atoms with Crippen LogP contribution in [0.2, 0.25) is 10.0 Å². The summed E-state index contributed by atoms with van der Waals surface area (Å²) in [6.07, 6.45) is -1.03. The maximum atomic E-state index is 12.1. The van der Waals surface area contributed by atoms with Crippen LogP contribution in [0.3, 0.4) is 0 Å². The van der Waals surface area contributed by atoms with Crippen LogP contribution in [0.25, 0.3) is 0 Å². The number of amides is 1. The number of carbonyl (C=O) groups is 2. The Morgan fingerprint density at radius 1 is 1.08 bits per heavy atom. The van der Waals surface area contributed by atoms with E-state index in [0.29, 0.717) is 22.2 Å². The fourth-order valence-electron chi connectivity index (χ4n) is 1.93. The minimum Gasteiger partial charge on any atom is -0.497 e. The Morgan fingerprint density at radius 2 is 1.73 bits per heavy atom. The summed E-state index contributed by atoms with van der Waals surface area (Å²) >= 11 is 11.9. The van der Waals surface area contributed by atoms with Crippen molar-refractivity contribution in [3.63, 3.8) is 0 Å². The lowest BCUT2D eigenvalue weighted by Crippen LogP contribution is -2.31. The van der Waals surface area contributed by atoms with E-state index in [-0.39, 0.29) is 11.6 Å². The van der Waals surface area contributed by atoms with Gasteiger partial charge in [-0.3, -0.25) is 4.79 Å². The van der Waals surface area contributed by atoms with Gasteiger partial charge in [0.1, 0.15) is 11.5 Å². The number of halogens is 2. The van der Waals surface area contributed by atoms with E-state index >= 15 is 0 Å². The zero-order valence-electron chi connectivity index (χ0n) is 14.1. The molecular formula is C18H17Cl2NO5. The van der Waals surface area contributed by atoms with Crippen LogP contribution < -0.4 is 14.8 Å². The van der Waals surface area contributed by atoms with Gasteiger partial charge in [-0.2, -0.15) is 0 Å². The molecule has 0 aliphatic carbocycles. The average Bonchev–Trinajstić information content (AvgIpc) is 2.64. The lowest BCUT2D eigenvalue weighted by atomic mass is 10.3. The first-order valence-corrected chi connectivity index (χ1v) is 8.37. The molecule has 2 rings (SSSR count). The van der Waals surface area contributed by atoms with Crippen LogP contribution in [0.5, 0.6) is 11.5 Å². The third-order valence-corrected chi connectivity index (χ3v) is 4.12. The Balaban J connectivity index is 1.83. The van der Waals surface area contributed by atoms with E-state index in [2.05, 4.69) is 5.32 Å². The minimum atomic E-state index is -1.03. The summed E-state index contributed by atoms with van der Waals surface area (Å²) in [5.41, 5.74) is 0.335. The standard InChI is InChI=1S/C18H17Cl2NO5/c1-11(18(23)21-15-5-3-4-14(19)17(15)20)26-16(22)10-25-13-8-6-12(24-2)7-9-13/h3-9,11H,10H2,1-2H3,(H,21,23). The highest BCUT2D eigenvalue weighted by Crippen LogP contribution is 2.29. The van der Waals surface area contributed by atoms with Gasteiger partial charge in [0, 0.05) is 0 Å². The lowest BCUT2D eigenvalue weighted by molar-refractivity contribution is -0.155. The maximum Gasteiger partial charge on any atom is 0.344 e. The van der Waals surface area contributed by atoms with Crippen LogP contribution in [-0.4, -0.2) is 31.7 Å². The van der Waals surface area contributed by atoms with E-state index < -0.39 is 18.0 Å². The Bertz CT molecular complexity index is 780. The van der Waals surface area contributed by atoms with Gasteiger partial charge >= 0.3 is 5.97 Å². The fourth-order valence-corrected chi connectivity index (χ4v) is 2.28. The van der Waals surface area contributed by atoms with Gasteiger partial charge in [0.2, 0.25) is 0 Å². The van der Waals surface area contributed by atoms with Crippen molar-refractivity contribution in [3.05, 3.63) is 52.5 Å². The van der Waals surface area contributed by atoms with Crippen LogP contribution in [0.1, 0.15) is 6.92 Å². The Kier molecular flexibility index (Phi) is 7.12. The molecule has 0 aromatic heterocycles. The molecule has 2 aromatic rings. The minimum absolute atomic E-state index is 0.212. The molecule has 8 heteroatoms. The fraction of sp³-hybridized carbons (Fsp3) is 0.222. The van der Waals surface area contributed by atoms with Crippen LogP contribution in [-0.2, 0) is 14.3 Å². The molecule has 0 bridgehead atoms. The van der Waals surface area contributed by atoms with E-state index in [1.807, 2.05) is 0 Å². The molecule has 1 unspecified atom stereocenters. The van der Waals surface area contributed by atoms with E-state index in [1.165, 1.54) is 6.92 Å². The molecule has 1 amide bonds. The highest BCUT2D eigenvalue weighted by molar-refractivity contribution is 6.44. The van der Waals surface area contributed by atoms with Gasteiger partial charge in [0.25, 0.3) is 5.91 Å². The first-order chi connectivity index (χ1) is 12.4. The monoisotopic (exact) mass is 397 g/mol. The van der Waals surface area contributed by atoms with Crippen molar-refractivity contribution in [2.75, 3.05) is 19.0 Å². The number of rotatable bonds is 7. The largest absolute Gasteiger partial charge is 0.497 e. The van der Waals surface area contributed by atoms with Gasteiger partial charge in [0.15, 0.2) is 12.7 Å². The topological polar surface area (TPSA) is 73.9 Å².